The summed E-state index contributed by atoms with van der Waals surface area (Å²) in [6.07, 6.45) is -7.92. The van der Waals surface area contributed by atoms with Crippen LogP contribution in [0.3, 0.4) is 0 Å². The maximum atomic E-state index is 12.4. The van der Waals surface area contributed by atoms with Crippen molar-refractivity contribution in [1.82, 2.24) is 4.98 Å². The van der Waals surface area contributed by atoms with Crippen LogP contribution in [0.5, 0.6) is 0 Å². The molecule has 0 unspecified atom stereocenters. The van der Waals surface area contributed by atoms with E-state index in [1.165, 1.54) is 0 Å². The zero-order chi connectivity index (χ0) is 12.5. The summed E-state index contributed by atoms with van der Waals surface area (Å²) in [6.45, 7) is 0. The number of hydrogen-bond donors (Lipinski definition) is 0. The topological polar surface area (TPSA) is 12.9 Å². The van der Waals surface area contributed by atoms with Gasteiger partial charge in [-0.3, -0.25) is 0 Å². The molecule has 1 heterocycles. The Balaban J connectivity index is 3.40. The van der Waals surface area contributed by atoms with E-state index in [0.717, 1.165) is 0 Å². The van der Waals surface area contributed by atoms with Crippen LogP contribution < -0.4 is 0 Å². The Hall–Kier alpha value is -0.620. The summed E-state index contributed by atoms with van der Waals surface area (Å²) in [5.74, 6) is -0.470. The van der Waals surface area contributed by atoms with Crippen molar-refractivity contribution in [3.05, 3.63) is 28.0 Å². The van der Waals surface area contributed by atoms with Gasteiger partial charge in [0.15, 0.2) is 0 Å². The molecule has 0 atom stereocenters. The van der Waals surface area contributed by atoms with E-state index in [4.69, 9.17) is 23.2 Å². The van der Waals surface area contributed by atoms with E-state index in [9.17, 15) is 22.0 Å². The van der Waals surface area contributed by atoms with Crippen LogP contribution in [0.1, 0.15) is 23.4 Å². The molecule has 1 aromatic heterocycles. The molecule has 90 valence electrons. The zero-order valence-corrected chi connectivity index (χ0v) is 8.97. The van der Waals surface area contributed by atoms with Crippen LogP contribution in [0.25, 0.3) is 0 Å². The minimum absolute atomic E-state index is 0.225. The molecule has 0 saturated carbocycles. The molecule has 8 heteroatoms. The van der Waals surface area contributed by atoms with Crippen LogP contribution in [0, 0.1) is 0 Å². The lowest BCUT2D eigenvalue weighted by atomic mass is 10.2. The van der Waals surface area contributed by atoms with Gasteiger partial charge in [0.1, 0.15) is 5.69 Å². The molecule has 0 spiro atoms. The molecular formula is C8H4Cl2F5N. The van der Waals surface area contributed by atoms with E-state index in [1.807, 2.05) is 0 Å². The first-order chi connectivity index (χ1) is 7.27. The minimum Gasteiger partial charge on any atom is -0.245 e. The van der Waals surface area contributed by atoms with Crippen molar-refractivity contribution < 1.29 is 22.0 Å². The number of pyridine rings is 1. The molecule has 0 saturated heterocycles. The third-order valence-corrected chi connectivity index (χ3v) is 2.40. The third-order valence-electron chi connectivity index (χ3n) is 1.71. The van der Waals surface area contributed by atoms with E-state index in [1.54, 1.807) is 0 Å². The number of aromatic nitrogens is 1. The number of hydrogen-bond acceptors (Lipinski definition) is 1. The van der Waals surface area contributed by atoms with Gasteiger partial charge in [-0.05, 0) is 6.07 Å². The van der Waals surface area contributed by atoms with Gasteiger partial charge in [-0.15, -0.1) is 11.6 Å². The van der Waals surface area contributed by atoms with Crippen molar-refractivity contribution >= 4 is 23.2 Å². The van der Waals surface area contributed by atoms with E-state index in [0.29, 0.717) is 0 Å². The normalized spacial score (nSPS) is 12.2. The van der Waals surface area contributed by atoms with Gasteiger partial charge in [-0.1, -0.05) is 11.6 Å². The molecule has 0 bridgehead atoms. The molecule has 0 fully saturated rings. The fraction of sp³-hybridized carbons (Fsp3) is 0.375. The molecule has 16 heavy (non-hydrogen) atoms. The second kappa shape index (κ2) is 4.71. The van der Waals surface area contributed by atoms with Crippen molar-refractivity contribution in [3.63, 3.8) is 0 Å². The summed E-state index contributed by atoms with van der Waals surface area (Å²) in [5.41, 5.74) is -2.75. The molecule has 0 aliphatic heterocycles. The highest BCUT2D eigenvalue weighted by Gasteiger charge is 2.35. The summed E-state index contributed by atoms with van der Waals surface area (Å²) in [4.78, 5) is 3.08. The van der Waals surface area contributed by atoms with Crippen molar-refractivity contribution in [2.24, 2.45) is 0 Å². The lowest BCUT2D eigenvalue weighted by Crippen LogP contribution is -2.11. The van der Waals surface area contributed by atoms with Crippen LogP contribution in [0.2, 0.25) is 5.02 Å². The number of halogens is 7. The molecule has 1 aromatic rings. The highest BCUT2D eigenvalue weighted by atomic mass is 35.5. The van der Waals surface area contributed by atoms with Crippen LogP contribution in [-0.2, 0) is 12.1 Å². The van der Waals surface area contributed by atoms with E-state index >= 15 is 0 Å². The summed E-state index contributed by atoms with van der Waals surface area (Å²) < 4.78 is 61.6. The Labute approximate surface area is 97.2 Å². The van der Waals surface area contributed by atoms with Gasteiger partial charge >= 0.3 is 6.18 Å². The lowest BCUT2D eigenvalue weighted by molar-refractivity contribution is -0.141. The molecule has 1 rings (SSSR count). The van der Waals surface area contributed by atoms with E-state index in [2.05, 4.69) is 4.98 Å². The predicted molar refractivity (Wildman–Crippen MR) is 48.8 cm³/mol. The van der Waals surface area contributed by atoms with Gasteiger partial charge in [-0.25, -0.2) is 13.8 Å². The van der Waals surface area contributed by atoms with Crippen molar-refractivity contribution in [3.8, 4) is 0 Å². The Morgan fingerprint density at radius 2 is 1.88 bits per heavy atom. The van der Waals surface area contributed by atoms with Crippen LogP contribution >= 0.6 is 23.2 Å². The maximum absolute atomic E-state index is 12.4. The van der Waals surface area contributed by atoms with Crippen LogP contribution in [-0.4, -0.2) is 4.98 Å². The van der Waals surface area contributed by atoms with Crippen molar-refractivity contribution in [2.75, 3.05) is 0 Å². The molecule has 0 aliphatic rings. The SMILES string of the molecule is FC(F)c1cc(C(F)(F)F)nc(CCl)c1Cl. The number of alkyl halides is 6. The predicted octanol–water partition coefficient (Wildman–Crippen LogP) is 4.43. The largest absolute Gasteiger partial charge is 0.433 e. The monoisotopic (exact) mass is 279 g/mol. The first-order valence-corrected chi connectivity index (χ1v) is 4.79. The summed E-state index contributed by atoms with van der Waals surface area (Å²) in [6, 6.07) is 0.225. The second-order valence-electron chi connectivity index (χ2n) is 2.79. The second-order valence-corrected chi connectivity index (χ2v) is 3.43. The van der Waals surface area contributed by atoms with Gasteiger partial charge in [-0.2, -0.15) is 13.2 Å². The first kappa shape index (κ1) is 13.4. The van der Waals surface area contributed by atoms with Crippen LogP contribution in [0.4, 0.5) is 22.0 Å². The highest BCUT2D eigenvalue weighted by molar-refractivity contribution is 6.32. The molecule has 0 amide bonds. The van der Waals surface area contributed by atoms with Gasteiger partial charge < -0.3 is 0 Å². The number of rotatable bonds is 2. The summed E-state index contributed by atoms with van der Waals surface area (Å²) >= 11 is 10.7. The van der Waals surface area contributed by atoms with Crippen molar-refractivity contribution in [2.45, 2.75) is 18.5 Å². The maximum Gasteiger partial charge on any atom is 0.433 e. The molecule has 0 aliphatic carbocycles. The van der Waals surface area contributed by atoms with Gasteiger partial charge in [0.25, 0.3) is 6.43 Å². The quantitative estimate of drug-likeness (QED) is 0.576. The molecule has 0 aromatic carbocycles. The Kier molecular flexibility index (Phi) is 3.96. The standard InChI is InChI=1S/C8H4Cl2F5N/c9-2-4-6(10)3(7(11)12)1-5(16-4)8(13,14)15/h1,7H,2H2. The van der Waals surface area contributed by atoms with E-state index < -0.39 is 40.5 Å². The fourth-order valence-corrected chi connectivity index (χ4v) is 1.50. The summed E-state index contributed by atoms with van der Waals surface area (Å²) in [5, 5.41) is -0.530. The Morgan fingerprint density at radius 3 is 2.25 bits per heavy atom. The molecule has 0 radical (unpaired) electrons. The minimum atomic E-state index is -4.81. The smallest absolute Gasteiger partial charge is 0.245 e. The third kappa shape index (κ3) is 2.74. The number of nitrogens with zero attached hydrogens (tertiary/aromatic N) is 1. The highest BCUT2D eigenvalue weighted by Crippen LogP contribution is 2.35. The zero-order valence-electron chi connectivity index (χ0n) is 7.45. The van der Waals surface area contributed by atoms with Crippen LogP contribution in [0.15, 0.2) is 6.07 Å². The van der Waals surface area contributed by atoms with Gasteiger partial charge in [0, 0.05) is 5.56 Å². The van der Waals surface area contributed by atoms with Gasteiger partial charge in [0.2, 0.25) is 0 Å². The van der Waals surface area contributed by atoms with E-state index in [-0.39, 0.29) is 6.07 Å². The van der Waals surface area contributed by atoms with Crippen molar-refractivity contribution in [1.29, 1.82) is 0 Å². The van der Waals surface area contributed by atoms with Gasteiger partial charge in [0.05, 0.1) is 16.6 Å². The average Bonchev–Trinajstić information content (AvgIpc) is 2.15. The summed E-state index contributed by atoms with van der Waals surface area (Å²) in [7, 11) is 0. The molecule has 0 N–H and O–H groups in total. The molecular weight excluding hydrogens is 276 g/mol. The molecule has 1 nitrogen and oxygen atoms in total. The Morgan fingerprint density at radius 1 is 1.31 bits per heavy atom. The average molecular weight is 280 g/mol. The fourth-order valence-electron chi connectivity index (χ4n) is 0.997. The first-order valence-electron chi connectivity index (χ1n) is 3.88. The lowest BCUT2D eigenvalue weighted by Gasteiger charge is -2.12. The Bertz CT molecular complexity index is 391.